The van der Waals surface area contributed by atoms with Gasteiger partial charge in [-0.1, -0.05) is 31.0 Å². The lowest BCUT2D eigenvalue weighted by molar-refractivity contribution is 0.189. The molecular weight excluding hydrogens is 258 g/mol. The molecule has 0 aromatic heterocycles. The predicted octanol–water partition coefficient (Wildman–Crippen LogP) is 2.73. The Morgan fingerprint density at radius 1 is 1.05 bits per heavy atom. The fourth-order valence-electron chi connectivity index (χ4n) is 3.66. The number of piperazine rings is 1. The molecule has 1 N–H and O–H groups in total. The van der Waals surface area contributed by atoms with Gasteiger partial charge in [-0.15, -0.1) is 0 Å². The summed E-state index contributed by atoms with van der Waals surface area (Å²) in [6, 6.07) is 12.3. The maximum absolute atomic E-state index is 3.77. The second-order valence-electron chi connectivity index (χ2n) is 6.60. The van der Waals surface area contributed by atoms with Crippen LogP contribution in [0.15, 0.2) is 30.3 Å². The summed E-state index contributed by atoms with van der Waals surface area (Å²) < 4.78 is 0. The molecule has 1 saturated carbocycles. The molecule has 1 unspecified atom stereocenters. The molecule has 2 fully saturated rings. The van der Waals surface area contributed by atoms with Gasteiger partial charge in [0.1, 0.15) is 0 Å². The summed E-state index contributed by atoms with van der Waals surface area (Å²) in [4.78, 5) is 5.15. The average Bonchev–Trinajstić information content (AvgIpc) is 3.07. The number of rotatable bonds is 5. The minimum absolute atomic E-state index is 0.656. The molecule has 3 nitrogen and oxygen atoms in total. The summed E-state index contributed by atoms with van der Waals surface area (Å²) in [7, 11) is 0. The van der Waals surface area contributed by atoms with Crippen molar-refractivity contribution >= 4 is 5.69 Å². The average molecular weight is 287 g/mol. The summed E-state index contributed by atoms with van der Waals surface area (Å²) in [6.45, 7) is 8.19. The van der Waals surface area contributed by atoms with Crippen molar-refractivity contribution in [3.05, 3.63) is 30.3 Å². The van der Waals surface area contributed by atoms with Crippen molar-refractivity contribution in [2.24, 2.45) is 0 Å². The van der Waals surface area contributed by atoms with E-state index >= 15 is 0 Å². The van der Waals surface area contributed by atoms with Crippen molar-refractivity contribution in [3.63, 3.8) is 0 Å². The normalized spacial score (nSPS) is 22.6. The number of hydrogen-bond donors (Lipinski definition) is 1. The third kappa shape index (κ3) is 3.98. The smallest absolute Gasteiger partial charge is 0.0367 e. The molecule has 3 rings (SSSR count). The fourth-order valence-corrected chi connectivity index (χ4v) is 3.66. The van der Waals surface area contributed by atoms with Crippen molar-refractivity contribution < 1.29 is 0 Å². The Morgan fingerprint density at radius 2 is 1.71 bits per heavy atom. The van der Waals surface area contributed by atoms with Crippen LogP contribution in [0.25, 0.3) is 0 Å². The predicted molar refractivity (Wildman–Crippen MR) is 89.9 cm³/mol. The van der Waals surface area contributed by atoms with E-state index < -0.39 is 0 Å². The molecule has 3 heteroatoms. The first-order valence-corrected chi connectivity index (χ1v) is 8.60. The number of benzene rings is 1. The molecule has 2 aliphatic rings. The second-order valence-corrected chi connectivity index (χ2v) is 6.60. The van der Waals surface area contributed by atoms with Crippen LogP contribution in [0.5, 0.6) is 0 Å². The van der Waals surface area contributed by atoms with Crippen molar-refractivity contribution in [1.82, 2.24) is 10.2 Å². The van der Waals surface area contributed by atoms with E-state index in [1.54, 1.807) is 0 Å². The van der Waals surface area contributed by atoms with E-state index in [-0.39, 0.29) is 0 Å². The molecule has 1 aliphatic heterocycles. The van der Waals surface area contributed by atoms with Gasteiger partial charge in [-0.25, -0.2) is 0 Å². The topological polar surface area (TPSA) is 18.5 Å². The zero-order valence-corrected chi connectivity index (χ0v) is 13.3. The molecule has 1 aromatic rings. The maximum atomic E-state index is 3.77. The highest BCUT2D eigenvalue weighted by Gasteiger charge is 2.22. The lowest BCUT2D eigenvalue weighted by Crippen LogP contribution is -2.52. The van der Waals surface area contributed by atoms with Crippen molar-refractivity contribution in [2.45, 2.75) is 44.7 Å². The lowest BCUT2D eigenvalue weighted by Gasteiger charge is -2.39. The molecule has 21 heavy (non-hydrogen) atoms. The van der Waals surface area contributed by atoms with Gasteiger partial charge in [0.05, 0.1) is 0 Å². The first kappa shape index (κ1) is 14.9. The number of anilines is 1. The zero-order valence-electron chi connectivity index (χ0n) is 13.3. The Kier molecular flexibility index (Phi) is 5.15. The first-order chi connectivity index (χ1) is 10.3. The number of hydrogen-bond acceptors (Lipinski definition) is 3. The monoisotopic (exact) mass is 287 g/mol. The van der Waals surface area contributed by atoms with Crippen LogP contribution in [0.1, 0.15) is 32.6 Å². The summed E-state index contributed by atoms with van der Waals surface area (Å²) >= 11 is 0. The minimum atomic E-state index is 0.656. The molecule has 1 heterocycles. The summed E-state index contributed by atoms with van der Waals surface area (Å²) in [5, 5.41) is 3.77. The van der Waals surface area contributed by atoms with Crippen LogP contribution in [0.2, 0.25) is 0 Å². The molecule has 0 bridgehead atoms. The van der Waals surface area contributed by atoms with Crippen molar-refractivity contribution in [2.75, 3.05) is 37.6 Å². The van der Waals surface area contributed by atoms with Crippen molar-refractivity contribution in [1.29, 1.82) is 0 Å². The van der Waals surface area contributed by atoms with Gasteiger partial charge in [-0.2, -0.15) is 0 Å². The fraction of sp³-hybridized carbons (Fsp3) is 0.667. The van der Waals surface area contributed by atoms with E-state index in [2.05, 4.69) is 52.4 Å². The van der Waals surface area contributed by atoms with Crippen LogP contribution in [0.4, 0.5) is 5.69 Å². The molecule has 1 aliphatic carbocycles. The van der Waals surface area contributed by atoms with Crippen LogP contribution >= 0.6 is 0 Å². The van der Waals surface area contributed by atoms with Gasteiger partial charge in [0.25, 0.3) is 0 Å². The third-order valence-corrected chi connectivity index (χ3v) is 5.12. The molecule has 1 saturated heterocycles. The number of nitrogens with zero attached hydrogens (tertiary/aromatic N) is 2. The lowest BCUT2D eigenvalue weighted by atomic mass is 10.2. The molecule has 0 spiro atoms. The highest BCUT2D eigenvalue weighted by Crippen LogP contribution is 2.19. The zero-order chi connectivity index (χ0) is 14.5. The molecule has 0 radical (unpaired) electrons. The second kappa shape index (κ2) is 7.28. The molecule has 1 aromatic carbocycles. The van der Waals surface area contributed by atoms with Gasteiger partial charge in [0.15, 0.2) is 0 Å². The molecule has 116 valence electrons. The summed E-state index contributed by atoms with van der Waals surface area (Å²) in [5.74, 6) is 0. The van der Waals surface area contributed by atoms with Gasteiger partial charge in [-0.05, 0) is 31.9 Å². The van der Waals surface area contributed by atoms with Gasteiger partial charge < -0.3 is 10.2 Å². The van der Waals surface area contributed by atoms with E-state index in [0.29, 0.717) is 6.04 Å². The summed E-state index contributed by atoms with van der Waals surface area (Å²) in [5.41, 5.74) is 1.37. The Morgan fingerprint density at radius 3 is 2.38 bits per heavy atom. The van der Waals surface area contributed by atoms with Gasteiger partial charge in [-0.3, -0.25) is 4.90 Å². The van der Waals surface area contributed by atoms with E-state index in [4.69, 9.17) is 0 Å². The Balaban J connectivity index is 1.42. The van der Waals surface area contributed by atoms with E-state index in [0.717, 1.165) is 25.7 Å². The number of nitrogens with one attached hydrogen (secondary N) is 1. The van der Waals surface area contributed by atoms with E-state index in [1.807, 2.05) is 0 Å². The molecule has 1 atom stereocenters. The highest BCUT2D eigenvalue weighted by molar-refractivity contribution is 5.46. The van der Waals surface area contributed by atoms with Gasteiger partial charge in [0, 0.05) is 50.5 Å². The first-order valence-electron chi connectivity index (χ1n) is 8.60. The van der Waals surface area contributed by atoms with Crippen LogP contribution in [0, 0.1) is 0 Å². The van der Waals surface area contributed by atoms with Crippen molar-refractivity contribution in [3.8, 4) is 0 Å². The Labute approximate surface area is 129 Å². The van der Waals surface area contributed by atoms with Crippen LogP contribution in [-0.4, -0.2) is 49.7 Å². The van der Waals surface area contributed by atoms with E-state index in [9.17, 15) is 0 Å². The molecular formula is C18H29N3. The largest absolute Gasteiger partial charge is 0.369 e. The van der Waals surface area contributed by atoms with Crippen LogP contribution in [0.3, 0.4) is 0 Å². The summed E-state index contributed by atoms with van der Waals surface area (Å²) in [6.07, 6.45) is 5.60. The third-order valence-electron chi connectivity index (χ3n) is 5.12. The standard InChI is InChI=1S/C18H29N3/c1-16(15-19-17-7-5-6-8-17)20-11-13-21(14-12-20)18-9-3-2-4-10-18/h2-4,9-10,16-17,19H,5-8,11-15H2,1H3. The van der Waals surface area contributed by atoms with Crippen LogP contribution in [-0.2, 0) is 0 Å². The van der Waals surface area contributed by atoms with Gasteiger partial charge >= 0.3 is 0 Å². The maximum Gasteiger partial charge on any atom is 0.0367 e. The number of para-hydroxylation sites is 1. The highest BCUT2D eigenvalue weighted by atomic mass is 15.3. The van der Waals surface area contributed by atoms with Gasteiger partial charge in [0.2, 0.25) is 0 Å². The quantitative estimate of drug-likeness (QED) is 0.898. The molecule has 0 amide bonds. The SMILES string of the molecule is CC(CNC1CCCC1)N1CCN(c2ccccc2)CC1. The van der Waals surface area contributed by atoms with E-state index in [1.165, 1.54) is 44.5 Å². The Bertz CT molecular complexity index is 406. The Hall–Kier alpha value is -1.06. The van der Waals surface area contributed by atoms with Crippen LogP contribution < -0.4 is 10.2 Å². The minimum Gasteiger partial charge on any atom is -0.369 e.